The molecule has 2 saturated heterocycles. The first-order valence-electron chi connectivity index (χ1n) is 10.7. The van der Waals surface area contributed by atoms with Crippen molar-refractivity contribution in [2.75, 3.05) is 12.0 Å². The Morgan fingerprint density at radius 1 is 0.879 bits per heavy atom. The van der Waals surface area contributed by atoms with Crippen LogP contribution < -0.4 is 10.2 Å². The second-order valence-corrected chi connectivity index (χ2v) is 8.31. The average molecular weight is 445 g/mol. The summed E-state index contributed by atoms with van der Waals surface area (Å²) in [6, 6.07) is 23.1. The summed E-state index contributed by atoms with van der Waals surface area (Å²) >= 11 is 0. The Balaban J connectivity index is 1.74. The number of quaternary nitrogens is 1. The number of methoxy groups -OCH3 is 1. The molecule has 3 aromatic carbocycles. The van der Waals surface area contributed by atoms with Gasteiger partial charge < -0.3 is 10.1 Å². The molecular weight excluding hydrogens is 423 g/mol. The Morgan fingerprint density at radius 2 is 1.42 bits per heavy atom. The van der Waals surface area contributed by atoms with Gasteiger partial charge in [0.2, 0.25) is 11.8 Å². The van der Waals surface area contributed by atoms with Crippen molar-refractivity contribution in [3.8, 4) is 0 Å². The predicted molar refractivity (Wildman–Crippen MR) is 117 cm³/mol. The van der Waals surface area contributed by atoms with E-state index in [2.05, 4.69) is 0 Å². The quantitative estimate of drug-likeness (QED) is 0.492. The van der Waals surface area contributed by atoms with E-state index >= 15 is 0 Å². The van der Waals surface area contributed by atoms with Crippen LogP contribution in [0.15, 0.2) is 84.9 Å². The van der Waals surface area contributed by atoms with Crippen LogP contribution in [0, 0.1) is 17.7 Å². The minimum Gasteiger partial charge on any atom is -0.465 e. The number of nitrogens with two attached hydrogens (primary N) is 1. The van der Waals surface area contributed by atoms with Crippen LogP contribution in [0.25, 0.3) is 0 Å². The summed E-state index contributed by atoms with van der Waals surface area (Å²) in [5, 5.41) is 1.80. The predicted octanol–water partition coefficient (Wildman–Crippen LogP) is 1.99. The van der Waals surface area contributed by atoms with Gasteiger partial charge in [0, 0.05) is 11.1 Å². The fourth-order valence-electron chi connectivity index (χ4n) is 5.36. The first kappa shape index (κ1) is 21.0. The number of rotatable bonds is 4. The first-order chi connectivity index (χ1) is 16.0. The van der Waals surface area contributed by atoms with E-state index < -0.39 is 47.0 Å². The van der Waals surface area contributed by atoms with Gasteiger partial charge in [-0.15, -0.1) is 0 Å². The molecule has 0 spiro atoms. The van der Waals surface area contributed by atoms with Crippen LogP contribution in [-0.4, -0.2) is 30.9 Å². The largest absolute Gasteiger partial charge is 0.465 e. The number of hydrogen-bond donors (Lipinski definition) is 1. The normalized spacial score (nSPS) is 23.5. The molecule has 0 aliphatic carbocycles. The Hall–Kier alpha value is -3.84. The summed E-state index contributed by atoms with van der Waals surface area (Å²) in [4.78, 5) is 41.5. The highest BCUT2D eigenvalue weighted by atomic mass is 19.1. The van der Waals surface area contributed by atoms with Crippen molar-refractivity contribution in [2.45, 2.75) is 11.6 Å². The van der Waals surface area contributed by atoms with Gasteiger partial charge in [0.05, 0.1) is 12.8 Å². The van der Waals surface area contributed by atoms with Gasteiger partial charge >= 0.3 is 5.97 Å². The molecule has 6 nitrogen and oxygen atoms in total. The Kier molecular flexibility index (Phi) is 5.06. The highest BCUT2D eigenvalue weighted by Crippen LogP contribution is 2.48. The number of esters is 1. The second kappa shape index (κ2) is 7.94. The smallest absolute Gasteiger partial charge is 0.365 e. The molecule has 0 radical (unpaired) electrons. The van der Waals surface area contributed by atoms with E-state index in [1.54, 1.807) is 5.32 Å². The van der Waals surface area contributed by atoms with Gasteiger partial charge in [0.25, 0.3) is 0 Å². The Labute approximate surface area is 190 Å². The molecule has 3 atom stereocenters. The topological polar surface area (TPSA) is 80.3 Å². The molecule has 2 fully saturated rings. The zero-order valence-electron chi connectivity index (χ0n) is 17.9. The zero-order chi connectivity index (χ0) is 23.2. The van der Waals surface area contributed by atoms with Gasteiger partial charge in [-0.1, -0.05) is 60.7 Å². The number of hydrogen-bond acceptors (Lipinski definition) is 4. The summed E-state index contributed by atoms with van der Waals surface area (Å²) in [5.74, 6) is -3.74. The van der Waals surface area contributed by atoms with Gasteiger partial charge in [-0.25, -0.2) is 14.1 Å². The molecule has 2 heterocycles. The maximum atomic E-state index is 13.9. The van der Waals surface area contributed by atoms with Crippen molar-refractivity contribution in [1.82, 2.24) is 0 Å². The maximum Gasteiger partial charge on any atom is 0.365 e. The third-order valence-electron chi connectivity index (χ3n) is 6.73. The van der Waals surface area contributed by atoms with Crippen LogP contribution in [0.4, 0.5) is 10.1 Å². The molecule has 2 N–H and O–H groups in total. The summed E-state index contributed by atoms with van der Waals surface area (Å²) in [7, 11) is 1.27. The molecule has 7 heteroatoms. The Bertz CT molecular complexity index is 1170. The molecular formula is C26H22FN2O4+. The van der Waals surface area contributed by atoms with Crippen molar-refractivity contribution in [3.63, 3.8) is 0 Å². The van der Waals surface area contributed by atoms with E-state index in [1.807, 2.05) is 60.7 Å². The molecule has 0 unspecified atom stereocenters. The summed E-state index contributed by atoms with van der Waals surface area (Å²) in [6.45, 7) is 0. The van der Waals surface area contributed by atoms with Crippen molar-refractivity contribution < 1.29 is 28.8 Å². The standard InChI is InChI=1S/C26H21FN2O4/c1-33-25(32)22-20-21(24(31)29(23(20)30)19-14-12-18(27)13-15-19)26(28-22,16-8-4-2-5-9-16)17-10-6-3-7-11-17/h2-15,20-22,28H,1H3/p+1/t20-,21-,22+/m0/s1. The molecule has 2 aliphatic heterocycles. The number of benzene rings is 3. The van der Waals surface area contributed by atoms with Crippen molar-refractivity contribution in [2.24, 2.45) is 11.8 Å². The van der Waals surface area contributed by atoms with Crippen LogP contribution in [0.3, 0.4) is 0 Å². The van der Waals surface area contributed by atoms with Gasteiger partial charge in [-0.3, -0.25) is 9.59 Å². The van der Waals surface area contributed by atoms with E-state index in [-0.39, 0.29) is 5.69 Å². The van der Waals surface area contributed by atoms with Crippen molar-refractivity contribution in [1.29, 1.82) is 0 Å². The molecule has 3 aromatic rings. The summed E-state index contributed by atoms with van der Waals surface area (Å²) in [6.07, 6.45) is 0. The summed E-state index contributed by atoms with van der Waals surface area (Å²) in [5.41, 5.74) is 0.868. The van der Waals surface area contributed by atoms with Crippen LogP contribution in [0.1, 0.15) is 11.1 Å². The SMILES string of the molecule is COC(=O)[C@@H]1[NH2+]C(c2ccccc2)(c2ccccc2)[C@@H]2C(=O)N(c3ccc(F)cc3)C(=O)[C@@H]21. The molecule has 2 amide bonds. The van der Waals surface area contributed by atoms with E-state index in [1.165, 1.54) is 31.4 Å². The molecule has 2 aliphatic rings. The molecule has 0 bridgehead atoms. The number of anilines is 1. The number of carbonyl (C=O) groups excluding carboxylic acids is 3. The molecule has 33 heavy (non-hydrogen) atoms. The van der Waals surface area contributed by atoms with Crippen LogP contribution in [-0.2, 0) is 24.7 Å². The third-order valence-corrected chi connectivity index (χ3v) is 6.73. The minimum absolute atomic E-state index is 0.277. The number of fused-ring (bicyclic) bond motifs is 1. The molecule has 0 saturated carbocycles. The number of nitrogens with zero attached hydrogens (tertiary/aromatic N) is 1. The first-order valence-corrected chi connectivity index (χ1v) is 10.7. The van der Waals surface area contributed by atoms with Crippen molar-refractivity contribution in [3.05, 3.63) is 102 Å². The number of carbonyl (C=O) groups is 3. The van der Waals surface area contributed by atoms with Gasteiger partial charge in [0.15, 0.2) is 11.6 Å². The van der Waals surface area contributed by atoms with Crippen LogP contribution in [0.2, 0.25) is 0 Å². The Morgan fingerprint density at radius 3 is 1.94 bits per heavy atom. The summed E-state index contributed by atoms with van der Waals surface area (Å²) < 4.78 is 18.6. The lowest BCUT2D eigenvalue weighted by Crippen LogP contribution is -2.99. The lowest BCUT2D eigenvalue weighted by atomic mass is 9.72. The fourth-order valence-corrected chi connectivity index (χ4v) is 5.36. The molecule has 166 valence electrons. The fraction of sp³-hybridized carbons (Fsp3) is 0.192. The second-order valence-electron chi connectivity index (χ2n) is 8.31. The van der Waals surface area contributed by atoms with Gasteiger partial charge in [0.1, 0.15) is 17.7 Å². The van der Waals surface area contributed by atoms with Gasteiger partial charge in [-0.05, 0) is 24.3 Å². The van der Waals surface area contributed by atoms with E-state index in [0.717, 1.165) is 16.0 Å². The lowest BCUT2D eigenvalue weighted by molar-refractivity contribution is -0.729. The minimum atomic E-state index is -1.02. The third kappa shape index (κ3) is 3.08. The van der Waals surface area contributed by atoms with E-state index in [4.69, 9.17) is 4.74 Å². The number of imide groups is 1. The zero-order valence-corrected chi connectivity index (χ0v) is 17.9. The highest BCUT2D eigenvalue weighted by Gasteiger charge is 2.72. The van der Waals surface area contributed by atoms with Crippen molar-refractivity contribution >= 4 is 23.5 Å². The van der Waals surface area contributed by atoms with E-state index in [0.29, 0.717) is 0 Å². The van der Waals surface area contributed by atoms with Crippen LogP contribution >= 0.6 is 0 Å². The number of halogens is 1. The van der Waals surface area contributed by atoms with Crippen LogP contribution in [0.5, 0.6) is 0 Å². The lowest BCUT2D eigenvalue weighted by Gasteiger charge is -2.32. The van der Waals surface area contributed by atoms with Gasteiger partial charge in [-0.2, -0.15) is 0 Å². The molecule has 0 aromatic heterocycles. The monoisotopic (exact) mass is 445 g/mol. The average Bonchev–Trinajstić information content (AvgIpc) is 3.35. The number of amides is 2. The van der Waals surface area contributed by atoms with E-state index in [9.17, 15) is 18.8 Å². The maximum absolute atomic E-state index is 13.9. The molecule has 5 rings (SSSR count). The number of ether oxygens (including phenoxy) is 1. The highest BCUT2D eigenvalue weighted by molar-refractivity contribution is 6.23.